The molecule has 1 atom stereocenters. The number of hydrogen-bond donors (Lipinski definition) is 1. The quantitative estimate of drug-likeness (QED) is 0.458. The Morgan fingerprint density at radius 1 is 0.867 bits per heavy atom. The molecule has 3 heteroatoms. The first-order valence-electron chi connectivity index (χ1n) is 10.4. The Balaban J connectivity index is 1.38. The molecule has 1 aromatic heterocycles. The van der Waals surface area contributed by atoms with Crippen LogP contribution in [0.25, 0.3) is 17.3 Å². The minimum atomic E-state index is 0.334. The molecule has 0 fully saturated rings. The van der Waals surface area contributed by atoms with Crippen LogP contribution in [0, 0.1) is 0 Å². The highest BCUT2D eigenvalue weighted by Gasteiger charge is 2.27. The van der Waals surface area contributed by atoms with Crippen LogP contribution in [0.15, 0.2) is 85.1 Å². The molecule has 1 N–H and O–H groups in total. The van der Waals surface area contributed by atoms with Crippen LogP contribution >= 0.6 is 0 Å². The summed E-state index contributed by atoms with van der Waals surface area (Å²) in [5, 5.41) is 3.40. The van der Waals surface area contributed by atoms with Gasteiger partial charge in [0, 0.05) is 23.4 Å². The number of nitrogens with zero attached hydrogens (tertiary/aromatic N) is 2. The smallest absolute Gasteiger partial charge is 0.227 e. The van der Waals surface area contributed by atoms with E-state index >= 15 is 0 Å². The van der Waals surface area contributed by atoms with Crippen LogP contribution in [0.2, 0.25) is 0 Å². The van der Waals surface area contributed by atoms with Crippen LogP contribution < -0.4 is 5.32 Å². The van der Waals surface area contributed by atoms with Crippen molar-refractivity contribution in [1.29, 1.82) is 0 Å². The molecule has 4 aromatic rings. The summed E-state index contributed by atoms with van der Waals surface area (Å²) in [5.41, 5.74) is 9.78. The molecular formula is C27H21N3. The lowest BCUT2D eigenvalue weighted by molar-refractivity contribution is 0.782. The summed E-state index contributed by atoms with van der Waals surface area (Å²) in [6.07, 6.45) is 8.30. The molecule has 0 spiro atoms. The molecular weight excluding hydrogens is 366 g/mol. The lowest BCUT2D eigenvalue weighted by Gasteiger charge is -2.27. The van der Waals surface area contributed by atoms with Crippen LogP contribution in [0.1, 0.15) is 33.7 Å². The maximum atomic E-state index is 4.93. The van der Waals surface area contributed by atoms with E-state index in [0.717, 1.165) is 24.2 Å². The van der Waals surface area contributed by atoms with Crippen molar-refractivity contribution in [3.05, 3.63) is 113 Å². The van der Waals surface area contributed by atoms with Crippen molar-refractivity contribution < 1.29 is 0 Å². The fourth-order valence-corrected chi connectivity index (χ4v) is 4.63. The molecule has 2 aliphatic rings. The third-order valence-corrected chi connectivity index (χ3v) is 6.12. The topological polar surface area (TPSA) is 37.8 Å². The van der Waals surface area contributed by atoms with E-state index in [-0.39, 0.29) is 0 Å². The second-order valence-corrected chi connectivity index (χ2v) is 7.97. The number of aromatic nitrogens is 2. The second-order valence-electron chi connectivity index (χ2n) is 7.97. The molecule has 6 rings (SSSR count). The van der Waals surface area contributed by atoms with Gasteiger partial charge in [-0.1, -0.05) is 72.8 Å². The third-order valence-electron chi connectivity index (χ3n) is 6.12. The number of anilines is 2. The Bertz CT molecular complexity index is 1270. The fourth-order valence-electron chi connectivity index (χ4n) is 4.63. The molecule has 2 aliphatic carbocycles. The Morgan fingerprint density at radius 3 is 2.67 bits per heavy atom. The SMILES string of the molecule is C1=Cc2cc(Nc3ncc4c(n3)-c3ccccc3C(c3ccccc3)C4)ccc2C1. The summed E-state index contributed by atoms with van der Waals surface area (Å²) in [4.78, 5) is 9.57. The lowest BCUT2D eigenvalue weighted by Crippen LogP contribution is -2.15. The number of rotatable bonds is 3. The van der Waals surface area contributed by atoms with Gasteiger partial charge in [0.1, 0.15) is 0 Å². The van der Waals surface area contributed by atoms with Crippen LogP contribution in [0.3, 0.4) is 0 Å². The molecule has 1 unspecified atom stereocenters. The lowest BCUT2D eigenvalue weighted by atomic mass is 9.78. The van der Waals surface area contributed by atoms with Crippen LogP contribution in [-0.4, -0.2) is 9.97 Å². The van der Waals surface area contributed by atoms with E-state index in [9.17, 15) is 0 Å². The molecule has 0 aliphatic heterocycles. The maximum Gasteiger partial charge on any atom is 0.227 e. The summed E-state index contributed by atoms with van der Waals surface area (Å²) in [7, 11) is 0. The average molecular weight is 387 g/mol. The van der Waals surface area contributed by atoms with E-state index in [1.807, 2.05) is 6.20 Å². The van der Waals surface area contributed by atoms with E-state index in [0.29, 0.717) is 11.9 Å². The molecule has 1 heterocycles. The fraction of sp³-hybridized carbons (Fsp3) is 0.111. The Labute approximate surface area is 176 Å². The van der Waals surface area contributed by atoms with E-state index in [1.165, 1.54) is 33.4 Å². The largest absolute Gasteiger partial charge is 0.324 e. The first-order chi connectivity index (χ1) is 14.8. The molecule has 0 radical (unpaired) electrons. The number of allylic oxidation sites excluding steroid dienone is 1. The number of hydrogen-bond acceptors (Lipinski definition) is 3. The van der Waals surface area contributed by atoms with Crippen LogP contribution in [0.4, 0.5) is 11.6 Å². The molecule has 0 amide bonds. The van der Waals surface area contributed by atoms with Crippen molar-refractivity contribution in [2.75, 3.05) is 5.32 Å². The minimum Gasteiger partial charge on any atom is -0.324 e. The highest BCUT2D eigenvalue weighted by atomic mass is 15.1. The van der Waals surface area contributed by atoms with Gasteiger partial charge in [-0.25, -0.2) is 9.97 Å². The zero-order valence-electron chi connectivity index (χ0n) is 16.5. The van der Waals surface area contributed by atoms with Crippen molar-refractivity contribution in [3.63, 3.8) is 0 Å². The van der Waals surface area contributed by atoms with Gasteiger partial charge in [-0.3, -0.25) is 0 Å². The van der Waals surface area contributed by atoms with Gasteiger partial charge in [0.25, 0.3) is 0 Å². The van der Waals surface area contributed by atoms with Crippen molar-refractivity contribution in [2.24, 2.45) is 0 Å². The highest BCUT2D eigenvalue weighted by Crippen LogP contribution is 2.41. The maximum absolute atomic E-state index is 4.93. The van der Waals surface area contributed by atoms with Crippen molar-refractivity contribution in [1.82, 2.24) is 9.97 Å². The number of fused-ring (bicyclic) bond motifs is 4. The standard InChI is InChI=1S/C27H21N3/c1-2-7-19(8-3-1)25-16-21-17-28-27(30-26(21)24-12-5-4-11-23(24)25)29-22-14-13-18-9-6-10-20(18)15-22/h1-8,10-15,17,25H,9,16H2,(H,28,29,30). The summed E-state index contributed by atoms with van der Waals surface area (Å²) in [6, 6.07) is 25.8. The van der Waals surface area contributed by atoms with E-state index in [1.54, 1.807) is 0 Å². The predicted octanol–water partition coefficient (Wildman–Crippen LogP) is 6.14. The molecule has 3 aromatic carbocycles. The van der Waals surface area contributed by atoms with Crippen LogP contribution in [-0.2, 0) is 12.8 Å². The second kappa shape index (κ2) is 6.96. The predicted molar refractivity (Wildman–Crippen MR) is 122 cm³/mol. The van der Waals surface area contributed by atoms with E-state index in [4.69, 9.17) is 4.98 Å². The first kappa shape index (κ1) is 17.2. The van der Waals surface area contributed by atoms with Gasteiger partial charge in [0.05, 0.1) is 5.69 Å². The minimum absolute atomic E-state index is 0.334. The third kappa shape index (κ3) is 2.91. The Kier molecular flexibility index (Phi) is 3.98. The Hall–Kier alpha value is -3.72. The van der Waals surface area contributed by atoms with E-state index < -0.39 is 0 Å². The van der Waals surface area contributed by atoms with Gasteiger partial charge in [0.2, 0.25) is 5.95 Å². The molecule has 30 heavy (non-hydrogen) atoms. The van der Waals surface area contributed by atoms with Crippen molar-refractivity contribution in [2.45, 2.75) is 18.8 Å². The van der Waals surface area contributed by atoms with E-state index in [2.05, 4.69) is 95.2 Å². The zero-order chi connectivity index (χ0) is 19.9. The molecule has 144 valence electrons. The summed E-state index contributed by atoms with van der Waals surface area (Å²) in [6.45, 7) is 0. The highest BCUT2D eigenvalue weighted by molar-refractivity contribution is 5.73. The van der Waals surface area contributed by atoms with Gasteiger partial charge in [-0.05, 0) is 52.8 Å². The average Bonchev–Trinajstić information content (AvgIpc) is 3.27. The van der Waals surface area contributed by atoms with Gasteiger partial charge in [0.15, 0.2) is 0 Å². The Morgan fingerprint density at radius 2 is 1.73 bits per heavy atom. The van der Waals surface area contributed by atoms with Crippen LogP contribution in [0.5, 0.6) is 0 Å². The normalized spacial score (nSPS) is 15.9. The molecule has 0 saturated heterocycles. The van der Waals surface area contributed by atoms with Crippen molar-refractivity contribution >= 4 is 17.7 Å². The number of benzene rings is 3. The molecule has 3 nitrogen and oxygen atoms in total. The molecule has 0 bridgehead atoms. The van der Waals surface area contributed by atoms with Gasteiger partial charge in [-0.15, -0.1) is 0 Å². The van der Waals surface area contributed by atoms with Crippen molar-refractivity contribution in [3.8, 4) is 11.3 Å². The summed E-state index contributed by atoms with van der Waals surface area (Å²) in [5.74, 6) is 0.976. The monoisotopic (exact) mass is 387 g/mol. The van der Waals surface area contributed by atoms with Gasteiger partial charge >= 0.3 is 0 Å². The summed E-state index contributed by atoms with van der Waals surface area (Å²) >= 11 is 0. The first-order valence-corrected chi connectivity index (χ1v) is 10.4. The zero-order valence-corrected chi connectivity index (χ0v) is 16.5. The van der Waals surface area contributed by atoms with Gasteiger partial charge in [-0.2, -0.15) is 0 Å². The number of nitrogens with one attached hydrogen (secondary N) is 1. The summed E-state index contributed by atoms with van der Waals surface area (Å²) < 4.78 is 0. The molecule has 0 saturated carbocycles. The van der Waals surface area contributed by atoms with Gasteiger partial charge < -0.3 is 5.32 Å².